The van der Waals surface area contributed by atoms with Crippen LogP contribution in [-0.4, -0.2) is 31.7 Å². The van der Waals surface area contributed by atoms with Crippen molar-refractivity contribution in [2.45, 2.75) is 6.92 Å². The number of halogens is 1. The van der Waals surface area contributed by atoms with Gasteiger partial charge in [0.25, 0.3) is 0 Å². The van der Waals surface area contributed by atoms with E-state index in [0.29, 0.717) is 10.4 Å². The van der Waals surface area contributed by atoms with Gasteiger partial charge in [0.1, 0.15) is 5.69 Å². The second kappa shape index (κ2) is 4.69. The fourth-order valence-corrected chi connectivity index (χ4v) is 1.74. The van der Waals surface area contributed by atoms with Crippen LogP contribution in [0, 0.1) is 17.0 Å². The van der Waals surface area contributed by atoms with Crippen LogP contribution in [0.1, 0.15) is 5.69 Å². The van der Waals surface area contributed by atoms with Gasteiger partial charge in [0.2, 0.25) is 11.8 Å². The molecule has 2 aromatic heterocycles. The van der Waals surface area contributed by atoms with Gasteiger partial charge in [0.05, 0.1) is 15.6 Å². The third-order valence-corrected chi connectivity index (χ3v) is 2.62. The average molecular weight is 313 g/mol. The van der Waals surface area contributed by atoms with Crippen molar-refractivity contribution in [2.24, 2.45) is 0 Å². The van der Waals surface area contributed by atoms with Gasteiger partial charge in [-0.3, -0.25) is 10.1 Å². The minimum atomic E-state index is -0.514. The van der Waals surface area contributed by atoms with Crippen molar-refractivity contribution in [3.63, 3.8) is 0 Å². The van der Waals surface area contributed by atoms with Gasteiger partial charge in [0, 0.05) is 13.2 Å². The van der Waals surface area contributed by atoms with Gasteiger partial charge in [0.15, 0.2) is 0 Å². The minimum Gasteiger partial charge on any atom is -0.357 e. The Hall–Kier alpha value is -2.03. The van der Waals surface area contributed by atoms with Crippen LogP contribution in [0.25, 0.3) is 5.82 Å². The highest BCUT2D eigenvalue weighted by Gasteiger charge is 2.23. The number of aryl methyl sites for hydroxylation is 1. The maximum absolute atomic E-state index is 11.1. The molecule has 2 aromatic rings. The first kappa shape index (κ1) is 12.4. The van der Waals surface area contributed by atoms with E-state index in [4.69, 9.17) is 0 Å². The summed E-state index contributed by atoms with van der Waals surface area (Å²) in [6.07, 6.45) is 3.12. The van der Waals surface area contributed by atoms with Crippen molar-refractivity contribution < 1.29 is 4.92 Å². The first-order chi connectivity index (χ1) is 8.52. The molecule has 0 spiro atoms. The monoisotopic (exact) mass is 312 g/mol. The van der Waals surface area contributed by atoms with Crippen LogP contribution in [0.4, 0.5) is 11.6 Å². The largest absolute Gasteiger partial charge is 0.357 e. The molecular formula is C9H9BrN6O2. The van der Waals surface area contributed by atoms with Gasteiger partial charge in [-0.05, 0) is 22.9 Å². The first-order valence-electron chi connectivity index (χ1n) is 4.94. The molecule has 2 rings (SSSR count). The van der Waals surface area contributed by atoms with Crippen molar-refractivity contribution in [1.82, 2.24) is 19.7 Å². The molecule has 9 heteroatoms. The van der Waals surface area contributed by atoms with Crippen LogP contribution < -0.4 is 5.32 Å². The Labute approximate surface area is 110 Å². The van der Waals surface area contributed by atoms with Gasteiger partial charge < -0.3 is 5.32 Å². The SMILES string of the molecule is CNc1nc(C)c([N+](=O)[O-])c(-n2cc(Br)cn2)n1. The third kappa shape index (κ3) is 2.16. The normalized spacial score (nSPS) is 10.4. The maximum atomic E-state index is 11.1. The minimum absolute atomic E-state index is 0.127. The fourth-order valence-electron chi connectivity index (χ4n) is 1.45. The van der Waals surface area contributed by atoms with Gasteiger partial charge in [-0.1, -0.05) is 0 Å². The van der Waals surface area contributed by atoms with E-state index < -0.39 is 4.92 Å². The highest BCUT2D eigenvalue weighted by atomic mass is 79.9. The molecule has 0 unspecified atom stereocenters. The molecule has 0 aliphatic carbocycles. The molecule has 1 N–H and O–H groups in total. The summed E-state index contributed by atoms with van der Waals surface area (Å²) in [4.78, 5) is 18.6. The van der Waals surface area contributed by atoms with E-state index in [9.17, 15) is 10.1 Å². The first-order valence-corrected chi connectivity index (χ1v) is 5.73. The Balaban J connectivity index is 2.70. The topological polar surface area (TPSA) is 98.8 Å². The number of aromatic nitrogens is 4. The second-order valence-electron chi connectivity index (χ2n) is 3.42. The highest BCUT2D eigenvalue weighted by Crippen LogP contribution is 2.25. The van der Waals surface area contributed by atoms with E-state index in [0.717, 1.165) is 0 Å². The Kier molecular flexibility index (Phi) is 3.24. The van der Waals surface area contributed by atoms with Crippen LogP contribution >= 0.6 is 15.9 Å². The summed E-state index contributed by atoms with van der Waals surface area (Å²) in [6.45, 7) is 1.56. The zero-order chi connectivity index (χ0) is 13.3. The molecule has 0 bridgehead atoms. The van der Waals surface area contributed by atoms with E-state index in [-0.39, 0.29) is 17.2 Å². The predicted molar refractivity (Wildman–Crippen MR) is 67.8 cm³/mol. The van der Waals surface area contributed by atoms with Crippen molar-refractivity contribution in [1.29, 1.82) is 0 Å². The van der Waals surface area contributed by atoms with Gasteiger partial charge in [-0.15, -0.1) is 0 Å². The Morgan fingerprint density at radius 1 is 1.50 bits per heavy atom. The molecule has 0 fully saturated rings. The van der Waals surface area contributed by atoms with E-state index in [2.05, 4.69) is 36.3 Å². The number of nitro groups is 1. The van der Waals surface area contributed by atoms with E-state index in [1.807, 2.05) is 0 Å². The van der Waals surface area contributed by atoms with Crippen molar-refractivity contribution in [3.05, 3.63) is 32.7 Å². The quantitative estimate of drug-likeness (QED) is 0.684. The molecule has 94 valence electrons. The van der Waals surface area contributed by atoms with Crippen molar-refractivity contribution in [2.75, 3.05) is 12.4 Å². The number of nitrogens with zero attached hydrogens (tertiary/aromatic N) is 5. The number of hydrogen-bond acceptors (Lipinski definition) is 6. The standard InChI is InChI=1S/C9H9BrN6O2/c1-5-7(16(17)18)8(14-9(11-2)13-5)15-4-6(10)3-12-15/h3-4H,1-2H3,(H,11,13,14). The number of nitrogens with one attached hydrogen (secondary N) is 1. The fraction of sp³-hybridized carbons (Fsp3) is 0.222. The van der Waals surface area contributed by atoms with E-state index >= 15 is 0 Å². The number of hydrogen-bond donors (Lipinski definition) is 1. The number of anilines is 1. The molecule has 0 amide bonds. The third-order valence-electron chi connectivity index (χ3n) is 2.21. The molecule has 0 aromatic carbocycles. The lowest BCUT2D eigenvalue weighted by Gasteiger charge is -2.06. The smallest absolute Gasteiger partial charge is 0.334 e. The second-order valence-corrected chi connectivity index (χ2v) is 4.33. The molecule has 18 heavy (non-hydrogen) atoms. The lowest BCUT2D eigenvalue weighted by Crippen LogP contribution is -2.09. The summed E-state index contributed by atoms with van der Waals surface area (Å²) < 4.78 is 2.04. The van der Waals surface area contributed by atoms with Crippen LogP contribution in [0.15, 0.2) is 16.9 Å². The Morgan fingerprint density at radius 2 is 2.22 bits per heavy atom. The molecule has 0 radical (unpaired) electrons. The van der Waals surface area contributed by atoms with Gasteiger partial charge in [-0.25, -0.2) is 9.67 Å². The summed E-state index contributed by atoms with van der Waals surface area (Å²) in [5, 5.41) is 17.8. The Bertz CT molecular complexity index is 611. The van der Waals surface area contributed by atoms with Crippen molar-refractivity contribution in [3.8, 4) is 5.82 Å². The maximum Gasteiger partial charge on any atom is 0.334 e. The van der Waals surface area contributed by atoms with Gasteiger partial charge >= 0.3 is 5.69 Å². The lowest BCUT2D eigenvalue weighted by molar-refractivity contribution is -0.385. The molecule has 0 saturated carbocycles. The molecule has 8 nitrogen and oxygen atoms in total. The summed E-state index contributed by atoms with van der Waals surface area (Å²) in [6, 6.07) is 0. The summed E-state index contributed by atoms with van der Waals surface area (Å²) >= 11 is 3.23. The average Bonchev–Trinajstić information content (AvgIpc) is 2.74. The zero-order valence-electron chi connectivity index (χ0n) is 9.59. The Morgan fingerprint density at radius 3 is 2.72 bits per heavy atom. The van der Waals surface area contributed by atoms with Crippen LogP contribution in [0.2, 0.25) is 0 Å². The van der Waals surface area contributed by atoms with E-state index in [1.165, 1.54) is 10.9 Å². The molecular weight excluding hydrogens is 304 g/mol. The van der Waals surface area contributed by atoms with Crippen LogP contribution in [0.5, 0.6) is 0 Å². The predicted octanol–water partition coefficient (Wildman–Crippen LogP) is 1.68. The van der Waals surface area contributed by atoms with Crippen LogP contribution in [0.3, 0.4) is 0 Å². The molecule has 0 atom stereocenters. The summed E-state index contributed by atoms with van der Waals surface area (Å²) in [5.41, 5.74) is 0.116. The van der Waals surface area contributed by atoms with Gasteiger partial charge in [-0.2, -0.15) is 10.1 Å². The molecule has 0 saturated heterocycles. The zero-order valence-corrected chi connectivity index (χ0v) is 11.2. The van der Waals surface area contributed by atoms with Crippen molar-refractivity contribution >= 4 is 27.6 Å². The highest BCUT2D eigenvalue weighted by molar-refractivity contribution is 9.10. The summed E-state index contributed by atoms with van der Waals surface area (Å²) in [5.74, 6) is 0.433. The number of rotatable bonds is 3. The molecule has 0 aliphatic heterocycles. The van der Waals surface area contributed by atoms with Crippen LogP contribution in [-0.2, 0) is 0 Å². The molecule has 0 aliphatic rings. The lowest BCUT2D eigenvalue weighted by atomic mass is 10.3. The summed E-state index contributed by atoms with van der Waals surface area (Å²) in [7, 11) is 1.64. The molecule has 2 heterocycles. The van der Waals surface area contributed by atoms with E-state index in [1.54, 1.807) is 20.2 Å².